The summed E-state index contributed by atoms with van der Waals surface area (Å²) in [7, 11) is 0. The quantitative estimate of drug-likeness (QED) is 0.717. The molecule has 0 saturated heterocycles. The van der Waals surface area contributed by atoms with Gasteiger partial charge in [-0.15, -0.1) is 11.3 Å². The molecule has 0 aliphatic heterocycles. The SMILES string of the molecule is CC1(C)C(=O)CCc2sc(Br)nc21. The molecule has 2 rings (SSSR count). The monoisotopic (exact) mass is 259 g/mol. The van der Waals surface area contributed by atoms with Gasteiger partial charge in [-0.05, 0) is 36.2 Å². The topological polar surface area (TPSA) is 30.0 Å². The second-order valence-corrected chi connectivity index (χ2v) is 6.15. The normalized spacial score (nSPS) is 20.1. The Kier molecular flexibility index (Phi) is 2.07. The first-order valence-corrected chi connectivity index (χ1v) is 5.82. The van der Waals surface area contributed by atoms with Crippen molar-refractivity contribution in [3.8, 4) is 0 Å². The number of carbonyl (C=O) groups is 1. The van der Waals surface area contributed by atoms with E-state index < -0.39 is 0 Å². The highest BCUT2D eigenvalue weighted by Crippen LogP contribution is 2.38. The van der Waals surface area contributed by atoms with Crippen LogP contribution in [0.4, 0.5) is 0 Å². The molecule has 13 heavy (non-hydrogen) atoms. The number of hydrogen-bond acceptors (Lipinski definition) is 3. The summed E-state index contributed by atoms with van der Waals surface area (Å²) in [5.41, 5.74) is 0.594. The van der Waals surface area contributed by atoms with Gasteiger partial charge in [-0.2, -0.15) is 0 Å². The Hall–Kier alpha value is -0.220. The lowest BCUT2D eigenvalue weighted by atomic mass is 9.77. The minimum absolute atomic E-state index is 0.304. The third-order valence-electron chi connectivity index (χ3n) is 2.54. The number of nitrogens with zero attached hydrogens (tertiary/aromatic N) is 1. The fraction of sp³-hybridized carbons (Fsp3) is 0.556. The van der Waals surface area contributed by atoms with E-state index in [1.54, 1.807) is 11.3 Å². The molecule has 1 aliphatic carbocycles. The zero-order valence-corrected chi connectivity index (χ0v) is 9.96. The summed E-state index contributed by atoms with van der Waals surface area (Å²) in [6, 6.07) is 0. The number of carbonyl (C=O) groups excluding carboxylic acids is 1. The van der Waals surface area contributed by atoms with Gasteiger partial charge in [0.15, 0.2) is 3.92 Å². The standard InChI is InChI=1S/C9H10BrNOS/c1-9(2)6(12)4-3-5-7(9)11-8(10)13-5/h3-4H2,1-2H3. The molecular weight excluding hydrogens is 250 g/mol. The molecule has 2 nitrogen and oxygen atoms in total. The number of hydrogen-bond donors (Lipinski definition) is 0. The molecule has 4 heteroatoms. The lowest BCUT2D eigenvalue weighted by Crippen LogP contribution is -2.34. The second kappa shape index (κ2) is 2.89. The Labute approximate surface area is 89.5 Å². The maximum Gasteiger partial charge on any atom is 0.159 e. The molecule has 0 atom stereocenters. The van der Waals surface area contributed by atoms with Crippen LogP contribution >= 0.6 is 27.3 Å². The van der Waals surface area contributed by atoms with Crippen molar-refractivity contribution in [1.29, 1.82) is 0 Å². The highest BCUT2D eigenvalue weighted by molar-refractivity contribution is 9.11. The molecule has 70 valence electrons. The van der Waals surface area contributed by atoms with Crippen molar-refractivity contribution in [3.05, 3.63) is 14.5 Å². The van der Waals surface area contributed by atoms with Crippen molar-refractivity contribution in [2.45, 2.75) is 32.1 Å². The van der Waals surface area contributed by atoms with Crippen LogP contribution in [0.15, 0.2) is 3.92 Å². The van der Waals surface area contributed by atoms with Gasteiger partial charge >= 0.3 is 0 Å². The predicted molar refractivity (Wildman–Crippen MR) is 56.2 cm³/mol. The van der Waals surface area contributed by atoms with Gasteiger partial charge in [0.05, 0.1) is 11.1 Å². The maximum atomic E-state index is 11.6. The number of halogens is 1. The highest BCUT2D eigenvalue weighted by atomic mass is 79.9. The number of thiazole rings is 1. The van der Waals surface area contributed by atoms with Gasteiger partial charge in [0.25, 0.3) is 0 Å². The zero-order chi connectivity index (χ0) is 9.64. The summed E-state index contributed by atoms with van der Waals surface area (Å²) in [5.74, 6) is 0.304. The predicted octanol–water partition coefficient (Wildman–Crippen LogP) is 2.70. The van der Waals surface area contributed by atoms with E-state index in [2.05, 4.69) is 20.9 Å². The van der Waals surface area contributed by atoms with Crippen LogP contribution in [-0.4, -0.2) is 10.8 Å². The Morgan fingerprint density at radius 1 is 1.46 bits per heavy atom. The largest absolute Gasteiger partial charge is 0.299 e. The molecule has 1 aliphatic rings. The van der Waals surface area contributed by atoms with Crippen molar-refractivity contribution >= 4 is 33.0 Å². The zero-order valence-electron chi connectivity index (χ0n) is 7.56. The number of rotatable bonds is 0. The molecule has 0 unspecified atom stereocenters. The first kappa shape index (κ1) is 9.34. The second-order valence-electron chi connectivity index (χ2n) is 3.79. The lowest BCUT2D eigenvalue weighted by Gasteiger charge is -2.26. The Bertz CT molecular complexity index is 370. The maximum absolute atomic E-state index is 11.6. The van der Waals surface area contributed by atoms with E-state index in [4.69, 9.17) is 0 Å². The smallest absolute Gasteiger partial charge is 0.159 e. The molecule has 0 fully saturated rings. The molecule has 0 radical (unpaired) electrons. The van der Waals surface area contributed by atoms with Crippen LogP contribution in [0.25, 0.3) is 0 Å². The van der Waals surface area contributed by atoms with Gasteiger partial charge in [0, 0.05) is 11.3 Å². The van der Waals surface area contributed by atoms with Gasteiger partial charge in [-0.25, -0.2) is 4.98 Å². The Balaban J connectivity index is 2.58. The molecular formula is C9H10BrNOS. The van der Waals surface area contributed by atoms with Crippen LogP contribution in [0.1, 0.15) is 30.8 Å². The third-order valence-corrected chi connectivity index (χ3v) is 4.11. The van der Waals surface area contributed by atoms with Gasteiger partial charge in [-0.1, -0.05) is 0 Å². The van der Waals surface area contributed by atoms with E-state index in [1.807, 2.05) is 13.8 Å². The number of ketones is 1. The fourth-order valence-electron chi connectivity index (χ4n) is 1.65. The molecule has 0 bridgehead atoms. The molecule has 0 aromatic carbocycles. The number of aromatic nitrogens is 1. The first-order chi connectivity index (χ1) is 6.01. The van der Waals surface area contributed by atoms with E-state index >= 15 is 0 Å². The van der Waals surface area contributed by atoms with Crippen molar-refractivity contribution in [2.24, 2.45) is 0 Å². The summed E-state index contributed by atoms with van der Waals surface area (Å²) < 4.78 is 0.889. The van der Waals surface area contributed by atoms with Crippen molar-refractivity contribution in [1.82, 2.24) is 4.98 Å². The molecule has 1 aromatic heterocycles. The molecule has 0 amide bonds. The van der Waals surface area contributed by atoms with Gasteiger partial charge in [0.2, 0.25) is 0 Å². The molecule has 1 aromatic rings. The van der Waals surface area contributed by atoms with E-state index in [0.717, 1.165) is 16.0 Å². The minimum Gasteiger partial charge on any atom is -0.299 e. The van der Waals surface area contributed by atoms with Crippen molar-refractivity contribution in [2.75, 3.05) is 0 Å². The summed E-state index contributed by atoms with van der Waals surface area (Å²) in [6.45, 7) is 3.92. The summed E-state index contributed by atoms with van der Waals surface area (Å²) >= 11 is 5.01. The molecule has 0 spiro atoms. The summed E-state index contributed by atoms with van der Waals surface area (Å²) in [6.07, 6.45) is 1.52. The van der Waals surface area contributed by atoms with Gasteiger partial charge in [0.1, 0.15) is 5.78 Å². The highest BCUT2D eigenvalue weighted by Gasteiger charge is 2.37. The molecule has 1 heterocycles. The summed E-state index contributed by atoms with van der Waals surface area (Å²) in [5, 5.41) is 0. The number of aryl methyl sites for hydroxylation is 1. The van der Waals surface area contributed by atoms with E-state index in [1.165, 1.54) is 4.88 Å². The van der Waals surface area contributed by atoms with Crippen molar-refractivity contribution in [3.63, 3.8) is 0 Å². The van der Waals surface area contributed by atoms with Crippen LogP contribution in [0.2, 0.25) is 0 Å². The number of Topliss-reactive ketones (excluding diaryl/α,β-unsaturated/α-hetero) is 1. The van der Waals surface area contributed by atoms with Crippen LogP contribution in [0, 0.1) is 0 Å². The average molecular weight is 260 g/mol. The van der Waals surface area contributed by atoms with Crippen molar-refractivity contribution < 1.29 is 4.79 Å². The Morgan fingerprint density at radius 3 is 2.85 bits per heavy atom. The van der Waals surface area contributed by atoms with Crippen LogP contribution in [-0.2, 0) is 16.6 Å². The first-order valence-electron chi connectivity index (χ1n) is 4.21. The van der Waals surface area contributed by atoms with E-state index in [9.17, 15) is 4.79 Å². The van der Waals surface area contributed by atoms with E-state index in [-0.39, 0.29) is 5.41 Å². The Morgan fingerprint density at radius 2 is 2.15 bits per heavy atom. The average Bonchev–Trinajstić information content (AvgIpc) is 2.41. The van der Waals surface area contributed by atoms with E-state index in [0.29, 0.717) is 12.2 Å². The van der Waals surface area contributed by atoms with Crippen LogP contribution in [0.3, 0.4) is 0 Å². The summed E-state index contributed by atoms with van der Waals surface area (Å²) in [4.78, 5) is 17.3. The van der Waals surface area contributed by atoms with Gasteiger partial charge < -0.3 is 0 Å². The number of fused-ring (bicyclic) bond motifs is 1. The van der Waals surface area contributed by atoms with Gasteiger partial charge in [-0.3, -0.25) is 4.79 Å². The molecule has 0 saturated carbocycles. The fourth-order valence-corrected chi connectivity index (χ4v) is 3.36. The molecule has 0 N–H and O–H groups in total. The third kappa shape index (κ3) is 1.36. The van der Waals surface area contributed by atoms with Crippen LogP contribution < -0.4 is 0 Å². The minimum atomic E-state index is -0.379. The lowest BCUT2D eigenvalue weighted by molar-refractivity contribution is -0.124. The van der Waals surface area contributed by atoms with Crippen LogP contribution in [0.5, 0.6) is 0 Å².